The van der Waals surface area contributed by atoms with Gasteiger partial charge in [-0.3, -0.25) is 4.79 Å². The van der Waals surface area contributed by atoms with Gasteiger partial charge in [-0.2, -0.15) is 13.2 Å². The number of nitrogens with zero attached hydrogens (tertiary/aromatic N) is 4. The van der Waals surface area contributed by atoms with E-state index in [0.29, 0.717) is 25.9 Å². The van der Waals surface area contributed by atoms with Crippen LogP contribution in [0.1, 0.15) is 41.1 Å². The Labute approximate surface area is 181 Å². The molecule has 2 aromatic heterocycles. The SMILES string of the molecule is CNC(=O)c1cc(CN(C(=O)[O-])C2CC3(CCN(c4cc(C(F)(F)F)ccn4)C3)C2)on1. The zero-order valence-corrected chi connectivity index (χ0v) is 17.2. The highest BCUT2D eigenvalue weighted by Gasteiger charge is 2.50. The van der Waals surface area contributed by atoms with Crippen molar-refractivity contribution < 1.29 is 32.4 Å². The Morgan fingerprint density at radius 1 is 1.38 bits per heavy atom. The minimum atomic E-state index is -4.44. The van der Waals surface area contributed by atoms with Crippen LogP contribution in [0.3, 0.4) is 0 Å². The van der Waals surface area contributed by atoms with Crippen molar-refractivity contribution in [3.05, 3.63) is 41.4 Å². The van der Waals surface area contributed by atoms with Crippen molar-refractivity contribution in [1.82, 2.24) is 20.4 Å². The quantitative estimate of drug-likeness (QED) is 0.734. The van der Waals surface area contributed by atoms with E-state index in [2.05, 4.69) is 15.5 Å². The second kappa shape index (κ2) is 7.99. The van der Waals surface area contributed by atoms with Crippen LogP contribution < -0.4 is 15.3 Å². The Balaban J connectivity index is 1.39. The Bertz CT molecular complexity index is 1020. The monoisotopic (exact) mass is 452 g/mol. The van der Waals surface area contributed by atoms with Crippen molar-refractivity contribution >= 4 is 17.8 Å². The summed E-state index contributed by atoms with van der Waals surface area (Å²) in [4.78, 5) is 30.3. The van der Waals surface area contributed by atoms with Crippen LogP contribution in [0.4, 0.5) is 23.8 Å². The maximum atomic E-state index is 13.0. The van der Waals surface area contributed by atoms with Crippen molar-refractivity contribution in [2.75, 3.05) is 25.0 Å². The third-order valence-electron chi connectivity index (χ3n) is 6.19. The predicted octanol–water partition coefficient (Wildman–Crippen LogP) is 1.65. The summed E-state index contributed by atoms with van der Waals surface area (Å²) in [5.74, 6) is 0.0344. The molecule has 1 saturated carbocycles. The highest BCUT2D eigenvalue weighted by atomic mass is 19.4. The first-order chi connectivity index (χ1) is 15.1. The fourth-order valence-corrected chi connectivity index (χ4v) is 4.53. The van der Waals surface area contributed by atoms with Crippen LogP contribution in [0.5, 0.6) is 0 Å². The number of carbonyl (C=O) groups is 2. The van der Waals surface area contributed by atoms with E-state index < -0.39 is 23.7 Å². The summed E-state index contributed by atoms with van der Waals surface area (Å²) < 4.78 is 44.1. The lowest BCUT2D eigenvalue weighted by Crippen LogP contribution is -2.56. The van der Waals surface area contributed by atoms with Crippen LogP contribution in [-0.4, -0.2) is 53.2 Å². The highest BCUT2D eigenvalue weighted by molar-refractivity contribution is 5.91. The number of carboxylic acid groups (broad SMARTS) is 1. The number of nitrogens with one attached hydrogen (secondary N) is 1. The molecule has 9 nitrogen and oxygen atoms in total. The largest absolute Gasteiger partial charge is 0.530 e. The number of pyridine rings is 1. The third kappa shape index (κ3) is 4.21. The third-order valence-corrected chi connectivity index (χ3v) is 6.19. The first kappa shape index (κ1) is 21.9. The molecule has 2 aromatic rings. The first-order valence-corrected chi connectivity index (χ1v) is 10.0. The zero-order valence-electron chi connectivity index (χ0n) is 17.2. The van der Waals surface area contributed by atoms with Crippen molar-refractivity contribution in [2.24, 2.45) is 5.41 Å². The van der Waals surface area contributed by atoms with Crippen LogP contribution >= 0.6 is 0 Å². The molecule has 172 valence electrons. The van der Waals surface area contributed by atoms with Gasteiger partial charge in [0.05, 0.1) is 12.1 Å². The van der Waals surface area contributed by atoms with Gasteiger partial charge in [-0.1, -0.05) is 5.16 Å². The van der Waals surface area contributed by atoms with Gasteiger partial charge in [0.15, 0.2) is 11.5 Å². The number of carbonyl (C=O) groups excluding carboxylic acids is 2. The van der Waals surface area contributed by atoms with Gasteiger partial charge < -0.3 is 29.5 Å². The van der Waals surface area contributed by atoms with E-state index in [9.17, 15) is 27.9 Å². The molecule has 2 fully saturated rings. The molecule has 0 bridgehead atoms. The van der Waals surface area contributed by atoms with Gasteiger partial charge >= 0.3 is 6.18 Å². The summed E-state index contributed by atoms with van der Waals surface area (Å²) in [6.45, 7) is 0.942. The molecule has 4 rings (SSSR count). The van der Waals surface area contributed by atoms with Crippen LogP contribution in [-0.2, 0) is 12.7 Å². The number of anilines is 1. The van der Waals surface area contributed by atoms with Crippen LogP contribution in [0.15, 0.2) is 28.9 Å². The van der Waals surface area contributed by atoms with Crippen LogP contribution in [0.2, 0.25) is 0 Å². The molecule has 1 spiro atoms. The maximum absolute atomic E-state index is 13.0. The lowest BCUT2D eigenvalue weighted by Gasteiger charge is -2.50. The second-order valence-corrected chi connectivity index (χ2v) is 8.29. The van der Waals surface area contributed by atoms with E-state index in [0.717, 1.165) is 29.7 Å². The van der Waals surface area contributed by atoms with Gasteiger partial charge in [-0.05, 0) is 36.8 Å². The molecular formula is C20H21F3N5O4-. The van der Waals surface area contributed by atoms with Gasteiger partial charge in [0.25, 0.3) is 5.91 Å². The minimum Gasteiger partial charge on any atom is -0.530 e. The summed E-state index contributed by atoms with van der Waals surface area (Å²) in [6, 6.07) is 3.03. The van der Waals surface area contributed by atoms with Gasteiger partial charge in [-0.15, -0.1) is 0 Å². The molecule has 0 unspecified atom stereocenters. The molecule has 12 heteroatoms. The molecule has 0 radical (unpaired) electrons. The highest BCUT2D eigenvalue weighted by Crippen LogP contribution is 2.51. The van der Waals surface area contributed by atoms with E-state index >= 15 is 0 Å². The molecule has 2 amide bonds. The minimum absolute atomic E-state index is 0.0471. The number of hydrogen-bond acceptors (Lipinski definition) is 7. The Morgan fingerprint density at radius 3 is 2.78 bits per heavy atom. The molecule has 0 aromatic carbocycles. The van der Waals surface area contributed by atoms with E-state index in [-0.39, 0.29) is 35.3 Å². The molecule has 32 heavy (non-hydrogen) atoms. The normalized spacial score (nSPS) is 22.6. The summed E-state index contributed by atoms with van der Waals surface area (Å²) in [5.41, 5.74) is -0.893. The smallest absolute Gasteiger partial charge is 0.416 e. The maximum Gasteiger partial charge on any atom is 0.416 e. The van der Waals surface area contributed by atoms with Crippen LogP contribution in [0.25, 0.3) is 0 Å². The van der Waals surface area contributed by atoms with Crippen LogP contribution in [0, 0.1) is 5.41 Å². The molecule has 1 saturated heterocycles. The number of amides is 2. The molecule has 3 heterocycles. The standard InChI is InChI=1S/C20H22F3N5O4/c1-24-17(29)15-7-14(32-26-15)10-28(18(30)31)13-8-19(9-13)3-5-27(11-19)16-6-12(2-4-25-16)20(21,22)23/h2,4,6-7,13H,3,5,8-11H2,1H3,(H,24,29)(H,30,31)/p-1. The average Bonchev–Trinajstić information content (AvgIpc) is 3.37. The van der Waals surface area contributed by atoms with Crippen molar-refractivity contribution in [2.45, 2.75) is 38.0 Å². The van der Waals surface area contributed by atoms with Crippen molar-refractivity contribution in [3.8, 4) is 0 Å². The topological polar surface area (TPSA) is 115 Å². The van der Waals surface area contributed by atoms with Crippen molar-refractivity contribution in [3.63, 3.8) is 0 Å². The van der Waals surface area contributed by atoms with E-state index in [1.807, 2.05) is 0 Å². The number of hydrogen-bond donors (Lipinski definition) is 1. The number of alkyl halides is 3. The number of aromatic nitrogens is 2. The summed E-state index contributed by atoms with van der Waals surface area (Å²) >= 11 is 0. The average molecular weight is 452 g/mol. The Kier molecular flexibility index (Phi) is 5.47. The number of halogens is 3. The first-order valence-electron chi connectivity index (χ1n) is 10.0. The lowest BCUT2D eigenvalue weighted by molar-refractivity contribution is -0.272. The summed E-state index contributed by atoms with van der Waals surface area (Å²) in [5, 5.41) is 17.7. The Hall–Kier alpha value is -3.31. The molecule has 0 atom stereocenters. The van der Waals surface area contributed by atoms with Gasteiger partial charge in [-0.25, -0.2) is 4.98 Å². The van der Waals surface area contributed by atoms with E-state index in [1.165, 1.54) is 13.1 Å². The van der Waals surface area contributed by atoms with E-state index in [4.69, 9.17) is 4.52 Å². The molecule has 2 aliphatic rings. The predicted molar refractivity (Wildman–Crippen MR) is 102 cm³/mol. The second-order valence-electron chi connectivity index (χ2n) is 8.29. The van der Waals surface area contributed by atoms with Gasteiger partial charge in [0.2, 0.25) is 0 Å². The Morgan fingerprint density at radius 2 is 2.12 bits per heavy atom. The number of rotatable bonds is 5. The van der Waals surface area contributed by atoms with Gasteiger partial charge in [0, 0.05) is 38.4 Å². The molecule has 1 aliphatic heterocycles. The molecule has 1 aliphatic carbocycles. The summed E-state index contributed by atoms with van der Waals surface area (Å²) in [6.07, 6.45) is -2.83. The zero-order chi connectivity index (χ0) is 23.1. The van der Waals surface area contributed by atoms with Crippen molar-refractivity contribution in [1.29, 1.82) is 0 Å². The van der Waals surface area contributed by atoms with Gasteiger partial charge in [0.1, 0.15) is 11.9 Å². The fraction of sp³-hybridized carbons (Fsp3) is 0.500. The molecule has 1 N–H and O–H groups in total. The fourth-order valence-electron chi connectivity index (χ4n) is 4.53. The summed E-state index contributed by atoms with van der Waals surface area (Å²) in [7, 11) is 1.44. The van der Waals surface area contributed by atoms with E-state index in [1.54, 1.807) is 4.90 Å². The molecular weight excluding hydrogens is 431 g/mol. The lowest BCUT2D eigenvalue weighted by atomic mass is 9.64.